The summed E-state index contributed by atoms with van der Waals surface area (Å²) in [5.74, 6) is 3.10. The van der Waals surface area contributed by atoms with Gasteiger partial charge in [0.1, 0.15) is 17.6 Å². The van der Waals surface area contributed by atoms with Crippen molar-refractivity contribution in [3.8, 4) is 5.75 Å². The highest BCUT2D eigenvalue weighted by molar-refractivity contribution is 9.10. The lowest BCUT2D eigenvalue weighted by Gasteiger charge is -2.21. The van der Waals surface area contributed by atoms with Crippen LogP contribution >= 0.6 is 26.6 Å². The number of aromatic nitrogens is 3. The van der Waals surface area contributed by atoms with Crippen molar-refractivity contribution in [2.45, 2.75) is 25.8 Å². The van der Waals surface area contributed by atoms with E-state index in [1.165, 1.54) is 18.1 Å². The zero-order valence-corrected chi connectivity index (χ0v) is 26.0. The first kappa shape index (κ1) is 28.7. The second-order valence-electron chi connectivity index (χ2n) is 10.1. The number of rotatable bonds is 11. The van der Waals surface area contributed by atoms with E-state index in [1.807, 2.05) is 41.1 Å². The molecular weight excluding hydrogens is 624 g/mol. The van der Waals surface area contributed by atoms with Crippen molar-refractivity contribution in [3.05, 3.63) is 125 Å². The molecule has 3 heterocycles. The summed E-state index contributed by atoms with van der Waals surface area (Å²) in [5.41, 5.74) is 5.11. The Morgan fingerprint density at radius 3 is 2.49 bits per heavy atom. The molecule has 0 aliphatic carbocycles. The van der Waals surface area contributed by atoms with Gasteiger partial charge in [0, 0.05) is 43.0 Å². The van der Waals surface area contributed by atoms with Gasteiger partial charge in [0.15, 0.2) is 11.6 Å². The molecule has 1 amide bonds. The summed E-state index contributed by atoms with van der Waals surface area (Å²) in [6, 6.07) is 28.9. The molecule has 1 aliphatic rings. The number of nitrogens with zero attached hydrogens (tertiary/aromatic N) is 4. The van der Waals surface area contributed by atoms with Crippen LogP contribution in [0, 0.1) is 0 Å². The lowest BCUT2D eigenvalue weighted by molar-refractivity contribution is -0.118. The maximum atomic E-state index is 11.3. The fraction of sp³-hybridized carbons (Fsp3) is 0.152. The number of nitrogens with one attached hydrogen (secondary N) is 2. The Bertz CT molecular complexity index is 1810. The highest BCUT2D eigenvalue weighted by Crippen LogP contribution is 2.36. The molecule has 43 heavy (non-hydrogen) atoms. The SMILES string of the molecule is CC(=O)NCCn1ccc2ncnc(Nc3ccc(OC4=CN(Cc5ccccc5)S(Cc5ccccc5)=C4)c(Br)c3)c21. The highest BCUT2D eigenvalue weighted by Gasteiger charge is 2.18. The van der Waals surface area contributed by atoms with Crippen LogP contribution < -0.4 is 15.4 Å². The van der Waals surface area contributed by atoms with Gasteiger partial charge in [-0.15, -0.1) is 0 Å². The normalized spacial score (nSPS) is 14.3. The van der Waals surface area contributed by atoms with Crippen molar-refractivity contribution in [1.29, 1.82) is 0 Å². The van der Waals surface area contributed by atoms with E-state index in [-0.39, 0.29) is 16.6 Å². The van der Waals surface area contributed by atoms with Gasteiger partial charge in [-0.1, -0.05) is 71.3 Å². The molecule has 0 fully saturated rings. The van der Waals surface area contributed by atoms with Crippen LogP contribution in [0.1, 0.15) is 18.1 Å². The molecule has 0 spiro atoms. The standard InChI is InChI=1S/C33H31BrN6O2S/c1-24(41)35-15-17-39-16-14-30-32(39)33(37-23-36-30)38-27-12-13-31(29(34)18-27)42-28-20-40(19-25-8-4-2-5-9-25)43(22-28)21-26-10-6-3-7-11-26/h2-14,16,18,20,22-23H,15,17,19,21H2,1H3,(H,35,41)(H,36,37,38). The van der Waals surface area contributed by atoms with Crippen molar-refractivity contribution in [2.75, 3.05) is 11.9 Å². The quantitative estimate of drug-likeness (QED) is 0.149. The van der Waals surface area contributed by atoms with Gasteiger partial charge < -0.3 is 24.2 Å². The zero-order valence-electron chi connectivity index (χ0n) is 23.6. The monoisotopic (exact) mass is 654 g/mol. The predicted octanol–water partition coefficient (Wildman–Crippen LogP) is 7.00. The summed E-state index contributed by atoms with van der Waals surface area (Å²) in [6.07, 6.45) is 5.62. The van der Waals surface area contributed by atoms with Crippen LogP contribution in [0.25, 0.3) is 11.0 Å². The number of hydrogen-bond donors (Lipinski definition) is 2. The summed E-state index contributed by atoms with van der Waals surface area (Å²) < 4.78 is 11.6. The third kappa shape index (κ3) is 7.15. The fourth-order valence-electron chi connectivity index (χ4n) is 4.84. The van der Waals surface area contributed by atoms with Crippen LogP contribution in [-0.4, -0.2) is 36.7 Å². The summed E-state index contributed by atoms with van der Waals surface area (Å²) in [7, 11) is -0.152. The van der Waals surface area contributed by atoms with E-state index in [0.717, 1.165) is 45.0 Å². The Kier molecular flexibility index (Phi) is 8.85. The number of fused-ring (bicyclic) bond motifs is 1. The Balaban J connectivity index is 1.19. The molecule has 2 aromatic heterocycles. The van der Waals surface area contributed by atoms with E-state index < -0.39 is 0 Å². The number of allylic oxidation sites excluding steroid dienone is 1. The Hall–Kier alpha value is -4.41. The van der Waals surface area contributed by atoms with Gasteiger partial charge in [0.2, 0.25) is 5.91 Å². The smallest absolute Gasteiger partial charge is 0.216 e. The van der Waals surface area contributed by atoms with Crippen LogP contribution in [0.5, 0.6) is 5.75 Å². The van der Waals surface area contributed by atoms with E-state index in [1.54, 1.807) is 6.33 Å². The highest BCUT2D eigenvalue weighted by atomic mass is 79.9. The third-order valence-electron chi connectivity index (χ3n) is 6.86. The minimum Gasteiger partial charge on any atom is -0.454 e. The first-order chi connectivity index (χ1) is 21.0. The summed E-state index contributed by atoms with van der Waals surface area (Å²) in [5, 5.41) is 8.49. The molecule has 2 N–H and O–H groups in total. The molecule has 0 saturated carbocycles. The number of amides is 1. The van der Waals surface area contributed by atoms with Crippen LogP contribution in [0.4, 0.5) is 11.5 Å². The van der Waals surface area contributed by atoms with Gasteiger partial charge in [-0.3, -0.25) is 4.79 Å². The van der Waals surface area contributed by atoms with Crippen molar-refractivity contribution < 1.29 is 9.53 Å². The molecule has 1 atom stereocenters. The molecule has 8 nitrogen and oxygen atoms in total. The van der Waals surface area contributed by atoms with Crippen molar-refractivity contribution in [2.24, 2.45) is 0 Å². The molecular formula is C33H31BrN6O2S. The second-order valence-corrected chi connectivity index (χ2v) is 12.7. The van der Waals surface area contributed by atoms with Gasteiger partial charge in [-0.2, -0.15) is 0 Å². The Morgan fingerprint density at radius 2 is 1.74 bits per heavy atom. The first-order valence-electron chi connectivity index (χ1n) is 13.9. The van der Waals surface area contributed by atoms with Crippen molar-refractivity contribution in [1.82, 2.24) is 24.2 Å². The van der Waals surface area contributed by atoms with Crippen LogP contribution in [0.3, 0.4) is 0 Å². The average molecular weight is 656 g/mol. The minimum absolute atomic E-state index is 0.0553. The summed E-state index contributed by atoms with van der Waals surface area (Å²) in [4.78, 5) is 20.2. The van der Waals surface area contributed by atoms with Crippen LogP contribution in [0.2, 0.25) is 0 Å². The van der Waals surface area contributed by atoms with E-state index in [0.29, 0.717) is 18.9 Å². The maximum absolute atomic E-state index is 11.3. The topological polar surface area (TPSA) is 84.3 Å². The number of halogens is 1. The molecule has 218 valence electrons. The fourth-order valence-corrected chi connectivity index (χ4v) is 7.15. The molecule has 0 radical (unpaired) electrons. The molecule has 0 saturated heterocycles. The van der Waals surface area contributed by atoms with E-state index in [9.17, 15) is 4.79 Å². The number of anilines is 2. The molecule has 1 unspecified atom stereocenters. The van der Waals surface area contributed by atoms with Gasteiger partial charge >= 0.3 is 0 Å². The molecule has 3 aromatic carbocycles. The Labute approximate surface area is 261 Å². The largest absolute Gasteiger partial charge is 0.454 e. The van der Waals surface area contributed by atoms with Crippen LogP contribution in [-0.2, 0) is 23.6 Å². The predicted molar refractivity (Wildman–Crippen MR) is 178 cm³/mol. The van der Waals surface area contributed by atoms with Gasteiger partial charge in [0.25, 0.3) is 0 Å². The number of benzene rings is 3. The molecule has 5 aromatic rings. The zero-order chi connectivity index (χ0) is 29.6. The van der Waals surface area contributed by atoms with E-state index in [4.69, 9.17) is 4.74 Å². The maximum Gasteiger partial charge on any atom is 0.216 e. The lowest BCUT2D eigenvalue weighted by atomic mass is 10.2. The number of ether oxygens (including phenoxy) is 1. The summed E-state index contributed by atoms with van der Waals surface area (Å²) >= 11 is 3.71. The number of hydrogen-bond acceptors (Lipinski definition) is 6. The van der Waals surface area contributed by atoms with Crippen LogP contribution in [0.15, 0.2) is 114 Å². The lowest BCUT2D eigenvalue weighted by Crippen LogP contribution is -2.24. The molecule has 1 aliphatic heterocycles. The number of carbonyl (C=O) groups excluding carboxylic acids is 1. The second kappa shape index (κ2) is 13.3. The van der Waals surface area contributed by atoms with Crippen molar-refractivity contribution in [3.63, 3.8) is 0 Å². The Morgan fingerprint density at radius 1 is 0.977 bits per heavy atom. The molecule has 0 bridgehead atoms. The minimum atomic E-state index is -0.152. The third-order valence-corrected chi connectivity index (χ3v) is 9.45. The van der Waals surface area contributed by atoms with Gasteiger partial charge in [-0.25, -0.2) is 9.97 Å². The van der Waals surface area contributed by atoms with E-state index >= 15 is 0 Å². The first-order valence-corrected chi connectivity index (χ1v) is 16.1. The van der Waals surface area contributed by atoms with Gasteiger partial charge in [-0.05, 0) is 51.3 Å². The van der Waals surface area contributed by atoms with Gasteiger partial charge in [0.05, 0.1) is 22.7 Å². The van der Waals surface area contributed by atoms with Crippen molar-refractivity contribution >= 4 is 60.4 Å². The molecule has 10 heteroatoms. The van der Waals surface area contributed by atoms with E-state index in [2.05, 4.69) is 107 Å². The number of carbonyl (C=O) groups is 1. The average Bonchev–Trinajstić information content (AvgIpc) is 3.59. The summed E-state index contributed by atoms with van der Waals surface area (Å²) in [6.45, 7) is 3.46. The molecule has 6 rings (SSSR count).